The minimum atomic E-state index is -0.576. The third kappa shape index (κ3) is 12.8. The molecule has 0 bridgehead atoms. The molecule has 0 aliphatic heterocycles. The molecule has 0 aliphatic carbocycles. The van der Waals surface area contributed by atoms with Crippen molar-refractivity contribution < 1.29 is 33.0 Å². The van der Waals surface area contributed by atoms with Gasteiger partial charge in [0.05, 0.1) is 38.3 Å². The topological polar surface area (TPSA) is 169 Å². The average Bonchev–Trinajstić information content (AvgIpc) is 3.60. The zero-order chi connectivity index (χ0) is 38.1. The van der Waals surface area contributed by atoms with Crippen molar-refractivity contribution in [1.29, 1.82) is 0 Å². The van der Waals surface area contributed by atoms with E-state index in [1.165, 1.54) is 16.3 Å². The van der Waals surface area contributed by atoms with Gasteiger partial charge in [0.15, 0.2) is 5.58 Å². The lowest BCUT2D eigenvalue weighted by Crippen LogP contribution is -2.48. The summed E-state index contributed by atoms with van der Waals surface area (Å²) in [4.78, 5) is 45.9. The summed E-state index contributed by atoms with van der Waals surface area (Å²) in [5, 5.41) is 9.96. The number of hydrogen-bond donors (Lipinski definition) is 2. The summed E-state index contributed by atoms with van der Waals surface area (Å²) in [5.41, 5.74) is 3.33. The molecule has 0 saturated carbocycles. The largest absolute Gasteiger partial charge is 0.490 e. The number of carbonyl (C=O) groups is 2. The lowest BCUT2D eigenvalue weighted by molar-refractivity contribution is -0.129. The van der Waals surface area contributed by atoms with E-state index in [0.717, 1.165) is 18.5 Å². The minimum absolute atomic E-state index is 0.115. The zero-order valence-corrected chi connectivity index (χ0v) is 31.0. The van der Waals surface area contributed by atoms with Crippen LogP contribution < -0.4 is 25.7 Å². The molecule has 0 aliphatic rings. The second-order valence-electron chi connectivity index (χ2n) is 13.1. The molecule has 14 heteroatoms. The third-order valence-corrected chi connectivity index (χ3v) is 8.21. The van der Waals surface area contributed by atoms with E-state index < -0.39 is 6.04 Å². The molecule has 1 atom stereocenters. The summed E-state index contributed by atoms with van der Waals surface area (Å²) in [5.74, 6) is 1.46. The van der Waals surface area contributed by atoms with Crippen molar-refractivity contribution in [3.8, 4) is 23.1 Å². The number of hydrogen-bond acceptors (Lipinski definition) is 11. The van der Waals surface area contributed by atoms with Gasteiger partial charge in [0, 0.05) is 32.1 Å². The molecule has 1 unspecified atom stereocenters. The van der Waals surface area contributed by atoms with E-state index in [-0.39, 0.29) is 29.9 Å². The van der Waals surface area contributed by atoms with Crippen LogP contribution in [0.1, 0.15) is 44.4 Å². The molecule has 2 N–H and O–H groups in total. The van der Waals surface area contributed by atoms with Crippen LogP contribution in [0.3, 0.4) is 0 Å². The standard InChI is InChI=1S/C40H48N6O8/c1-28(2)24-35(43-37(47)11-7-10-29-8-5-4-6-9-29)39(49)41-18-19-50-20-21-51-22-23-52-32-13-12-30(42-26-32)27-53-31-14-16-36-34(25-31)44-40(54-36)33-15-17-38(48)46(3)45-33/h4-6,8-9,12-17,25-26,28,35H,7,10-11,18-24,27H2,1-3H3,(H,41,49)(H,43,47). The first-order valence-electron chi connectivity index (χ1n) is 18.2. The second kappa shape index (κ2) is 20.6. The first-order chi connectivity index (χ1) is 26.2. The molecule has 54 heavy (non-hydrogen) atoms. The van der Waals surface area contributed by atoms with Crippen LogP contribution in [0.5, 0.6) is 11.5 Å². The van der Waals surface area contributed by atoms with Crippen molar-refractivity contribution in [2.24, 2.45) is 13.0 Å². The van der Waals surface area contributed by atoms with Crippen molar-refractivity contribution in [3.63, 3.8) is 0 Å². The summed E-state index contributed by atoms with van der Waals surface area (Å²) < 4.78 is 29.8. The van der Waals surface area contributed by atoms with Gasteiger partial charge in [-0.3, -0.25) is 19.4 Å². The van der Waals surface area contributed by atoms with E-state index in [2.05, 4.69) is 25.7 Å². The van der Waals surface area contributed by atoms with Crippen LogP contribution in [0.25, 0.3) is 22.7 Å². The number of fused-ring (bicyclic) bond motifs is 1. The summed E-state index contributed by atoms with van der Waals surface area (Å²) in [6.07, 6.45) is 4.11. The summed E-state index contributed by atoms with van der Waals surface area (Å²) in [6, 6.07) is 21.4. The fourth-order valence-corrected chi connectivity index (χ4v) is 5.44. The number of nitrogens with one attached hydrogen (secondary N) is 2. The molecule has 3 aromatic heterocycles. The van der Waals surface area contributed by atoms with Crippen LogP contribution in [-0.2, 0) is 39.1 Å². The highest BCUT2D eigenvalue weighted by Gasteiger charge is 2.21. The maximum Gasteiger partial charge on any atom is 0.266 e. The number of aryl methyl sites for hydroxylation is 2. The number of aromatic nitrogens is 4. The molecule has 0 spiro atoms. The van der Waals surface area contributed by atoms with Crippen LogP contribution in [0.2, 0.25) is 0 Å². The fourth-order valence-electron chi connectivity index (χ4n) is 5.44. The molecular formula is C40H48N6O8. The SMILES string of the molecule is CC(C)CC(NC(=O)CCCc1ccccc1)C(=O)NCCOCCOCCOc1ccc(COc2ccc3oc(-c4ccc(=O)n(C)n4)nc3c2)nc1. The van der Waals surface area contributed by atoms with Gasteiger partial charge >= 0.3 is 0 Å². The molecule has 3 heterocycles. The fraction of sp³-hybridized carbons (Fsp3) is 0.400. The first kappa shape index (κ1) is 39.6. The Morgan fingerprint density at radius 3 is 2.43 bits per heavy atom. The number of amides is 2. The van der Waals surface area contributed by atoms with Crippen LogP contribution in [0.4, 0.5) is 0 Å². The lowest BCUT2D eigenvalue weighted by Gasteiger charge is -2.20. The summed E-state index contributed by atoms with van der Waals surface area (Å²) >= 11 is 0. The number of carbonyl (C=O) groups excluding carboxylic acids is 2. The molecule has 5 rings (SSSR count). The molecule has 0 fully saturated rings. The van der Waals surface area contributed by atoms with Gasteiger partial charge in [-0.25, -0.2) is 9.67 Å². The Morgan fingerprint density at radius 1 is 0.889 bits per heavy atom. The monoisotopic (exact) mass is 740 g/mol. The number of ether oxygens (including phenoxy) is 4. The first-order valence-corrected chi connectivity index (χ1v) is 18.2. The van der Waals surface area contributed by atoms with Crippen molar-refractivity contribution in [1.82, 2.24) is 30.4 Å². The highest BCUT2D eigenvalue weighted by Crippen LogP contribution is 2.26. The Kier molecular flexibility index (Phi) is 15.1. The summed E-state index contributed by atoms with van der Waals surface area (Å²) in [7, 11) is 1.57. The molecule has 0 radical (unpaired) electrons. The van der Waals surface area contributed by atoms with Gasteiger partial charge in [-0.1, -0.05) is 44.2 Å². The number of nitrogens with zero attached hydrogens (tertiary/aromatic N) is 4. The van der Waals surface area contributed by atoms with Crippen molar-refractivity contribution in [3.05, 3.63) is 101 Å². The Balaban J connectivity index is 0.907. The van der Waals surface area contributed by atoms with Crippen LogP contribution in [0.15, 0.2) is 88.2 Å². The minimum Gasteiger partial charge on any atom is -0.490 e. The average molecular weight is 741 g/mol. The molecular weight excluding hydrogens is 692 g/mol. The van der Waals surface area contributed by atoms with Crippen molar-refractivity contribution in [2.45, 2.75) is 52.2 Å². The normalized spacial score (nSPS) is 11.8. The van der Waals surface area contributed by atoms with Crippen molar-refractivity contribution >= 4 is 22.9 Å². The van der Waals surface area contributed by atoms with Gasteiger partial charge in [0.25, 0.3) is 5.56 Å². The maximum absolute atomic E-state index is 12.8. The van der Waals surface area contributed by atoms with E-state index in [0.29, 0.717) is 86.6 Å². The highest BCUT2D eigenvalue weighted by atomic mass is 16.5. The van der Waals surface area contributed by atoms with Gasteiger partial charge in [-0.15, -0.1) is 0 Å². The zero-order valence-electron chi connectivity index (χ0n) is 31.0. The van der Waals surface area contributed by atoms with Gasteiger partial charge in [-0.05, 0) is 61.1 Å². The third-order valence-electron chi connectivity index (χ3n) is 8.21. The van der Waals surface area contributed by atoms with E-state index in [1.807, 2.05) is 56.3 Å². The quantitative estimate of drug-likeness (QED) is 0.0949. The smallest absolute Gasteiger partial charge is 0.266 e. The number of benzene rings is 2. The van der Waals surface area contributed by atoms with E-state index in [1.54, 1.807) is 37.5 Å². The van der Waals surface area contributed by atoms with Gasteiger partial charge in [0.2, 0.25) is 17.7 Å². The van der Waals surface area contributed by atoms with Gasteiger partial charge in [0.1, 0.15) is 42.0 Å². The number of pyridine rings is 1. The predicted molar refractivity (Wildman–Crippen MR) is 202 cm³/mol. The maximum atomic E-state index is 12.8. The molecule has 0 saturated heterocycles. The van der Waals surface area contributed by atoms with Gasteiger partial charge < -0.3 is 34.0 Å². The van der Waals surface area contributed by atoms with E-state index >= 15 is 0 Å². The molecule has 5 aromatic rings. The van der Waals surface area contributed by atoms with Crippen molar-refractivity contribution in [2.75, 3.05) is 39.6 Å². The lowest BCUT2D eigenvalue weighted by atomic mass is 10.0. The second-order valence-corrected chi connectivity index (χ2v) is 13.1. The Labute approximate surface area is 314 Å². The Morgan fingerprint density at radius 2 is 1.67 bits per heavy atom. The number of oxazole rings is 1. The van der Waals surface area contributed by atoms with E-state index in [4.69, 9.17) is 23.4 Å². The highest BCUT2D eigenvalue weighted by molar-refractivity contribution is 5.87. The van der Waals surface area contributed by atoms with Crippen LogP contribution in [-0.4, -0.2) is 77.2 Å². The Bertz CT molecular complexity index is 1980. The van der Waals surface area contributed by atoms with Crippen LogP contribution in [0, 0.1) is 5.92 Å². The number of rotatable bonds is 22. The molecule has 14 nitrogen and oxygen atoms in total. The summed E-state index contributed by atoms with van der Waals surface area (Å²) in [6.45, 7) is 6.44. The van der Waals surface area contributed by atoms with Crippen LogP contribution >= 0.6 is 0 Å². The Hall–Kier alpha value is -5.60. The molecule has 2 amide bonds. The van der Waals surface area contributed by atoms with E-state index in [9.17, 15) is 14.4 Å². The molecule has 2 aromatic carbocycles. The molecule has 286 valence electrons. The van der Waals surface area contributed by atoms with Gasteiger partial charge in [-0.2, -0.15) is 5.10 Å². The predicted octanol–water partition coefficient (Wildman–Crippen LogP) is 4.64.